The summed E-state index contributed by atoms with van der Waals surface area (Å²) >= 11 is 0. The van der Waals surface area contributed by atoms with E-state index >= 15 is 0 Å². The minimum absolute atomic E-state index is 0.0277. The van der Waals surface area contributed by atoms with Crippen molar-refractivity contribution < 1.29 is 4.79 Å². The Kier molecular flexibility index (Phi) is 5.01. The van der Waals surface area contributed by atoms with Crippen molar-refractivity contribution in [1.82, 2.24) is 5.32 Å². The van der Waals surface area contributed by atoms with Crippen LogP contribution in [0.5, 0.6) is 0 Å². The molecule has 0 bridgehead atoms. The summed E-state index contributed by atoms with van der Waals surface area (Å²) in [5, 5.41) is 3.07. The highest BCUT2D eigenvalue weighted by Gasteiger charge is 2.18. The molecule has 0 heterocycles. The molecule has 1 atom stereocenters. The highest BCUT2D eigenvalue weighted by Crippen LogP contribution is 2.24. The topological polar surface area (TPSA) is 29.1 Å². The van der Waals surface area contributed by atoms with Gasteiger partial charge in [-0.1, -0.05) is 65.8 Å². The van der Waals surface area contributed by atoms with Crippen LogP contribution in [-0.4, -0.2) is 5.91 Å². The van der Waals surface area contributed by atoms with Crippen LogP contribution in [0, 0.1) is 5.41 Å². The molecule has 0 aliphatic heterocycles. The molecule has 1 rings (SSSR count). The Morgan fingerprint density at radius 1 is 1.05 bits per heavy atom. The summed E-state index contributed by atoms with van der Waals surface area (Å²) < 4.78 is 0. The minimum Gasteiger partial charge on any atom is -0.350 e. The first-order valence-electron chi connectivity index (χ1n) is 7.39. The van der Waals surface area contributed by atoms with Gasteiger partial charge in [-0.25, -0.2) is 0 Å². The zero-order valence-corrected chi connectivity index (χ0v) is 14.0. The van der Waals surface area contributed by atoms with E-state index in [0.29, 0.717) is 6.42 Å². The zero-order chi connectivity index (χ0) is 15.6. The van der Waals surface area contributed by atoms with E-state index in [0.717, 1.165) is 5.56 Å². The first-order chi connectivity index (χ1) is 8.99. The maximum Gasteiger partial charge on any atom is 0.220 e. The number of carbonyl (C=O) groups excluding carboxylic acids is 1. The largest absolute Gasteiger partial charge is 0.350 e. The Labute approximate surface area is 124 Å². The molecule has 0 spiro atoms. The van der Waals surface area contributed by atoms with Crippen LogP contribution in [0.3, 0.4) is 0 Å². The van der Waals surface area contributed by atoms with Crippen molar-refractivity contribution in [2.45, 2.75) is 66.3 Å². The molecular weight excluding hydrogens is 246 g/mol. The third-order valence-corrected chi connectivity index (χ3v) is 3.35. The molecule has 0 saturated carbocycles. The third kappa shape index (κ3) is 5.36. The summed E-state index contributed by atoms with van der Waals surface area (Å²) in [6.45, 7) is 14.9. The maximum atomic E-state index is 12.0. The second-order valence-electron chi connectivity index (χ2n) is 7.90. The number of amides is 1. The van der Waals surface area contributed by atoms with E-state index in [1.165, 1.54) is 5.56 Å². The Balaban J connectivity index is 2.69. The van der Waals surface area contributed by atoms with Gasteiger partial charge in [-0.3, -0.25) is 4.79 Å². The Morgan fingerprint density at radius 2 is 1.55 bits per heavy atom. The van der Waals surface area contributed by atoms with Gasteiger partial charge in [0.2, 0.25) is 5.91 Å². The van der Waals surface area contributed by atoms with Gasteiger partial charge in [0.05, 0.1) is 6.04 Å². The number of rotatable bonds is 3. The number of hydrogen-bond acceptors (Lipinski definition) is 1. The van der Waals surface area contributed by atoms with Crippen molar-refractivity contribution >= 4 is 5.91 Å². The van der Waals surface area contributed by atoms with E-state index < -0.39 is 0 Å². The number of benzene rings is 1. The standard InChI is InChI=1S/C18H29NO/c1-13(19-16(20)12-17(2,3)4)14-8-10-15(11-9-14)18(5,6)7/h8-11,13H,12H2,1-7H3,(H,19,20). The van der Waals surface area contributed by atoms with Crippen LogP contribution in [0.4, 0.5) is 0 Å². The highest BCUT2D eigenvalue weighted by molar-refractivity contribution is 5.77. The van der Waals surface area contributed by atoms with Crippen LogP contribution in [0.1, 0.15) is 72.1 Å². The first kappa shape index (κ1) is 16.7. The molecule has 2 nitrogen and oxygen atoms in total. The third-order valence-electron chi connectivity index (χ3n) is 3.35. The van der Waals surface area contributed by atoms with Crippen molar-refractivity contribution in [1.29, 1.82) is 0 Å². The average Bonchev–Trinajstić information content (AvgIpc) is 2.25. The lowest BCUT2D eigenvalue weighted by atomic mass is 9.86. The summed E-state index contributed by atoms with van der Waals surface area (Å²) in [6, 6.07) is 8.59. The molecule has 0 saturated heterocycles. The van der Waals surface area contributed by atoms with Crippen molar-refractivity contribution in [2.24, 2.45) is 5.41 Å². The maximum absolute atomic E-state index is 12.0. The predicted octanol–water partition coefficient (Wildman–Crippen LogP) is 4.60. The van der Waals surface area contributed by atoms with Gasteiger partial charge in [-0.05, 0) is 28.9 Å². The van der Waals surface area contributed by atoms with Crippen LogP contribution in [0.15, 0.2) is 24.3 Å². The molecule has 0 aromatic heterocycles. The fourth-order valence-corrected chi connectivity index (χ4v) is 2.13. The van der Waals surface area contributed by atoms with Gasteiger partial charge in [0.25, 0.3) is 0 Å². The van der Waals surface area contributed by atoms with Crippen LogP contribution in [-0.2, 0) is 10.2 Å². The molecule has 2 heteroatoms. The van der Waals surface area contributed by atoms with Crippen LogP contribution < -0.4 is 5.32 Å². The van der Waals surface area contributed by atoms with Crippen molar-refractivity contribution in [2.75, 3.05) is 0 Å². The van der Waals surface area contributed by atoms with E-state index in [-0.39, 0.29) is 22.8 Å². The molecule has 1 aromatic rings. The molecule has 0 aliphatic carbocycles. The molecule has 0 aliphatic rings. The van der Waals surface area contributed by atoms with Crippen LogP contribution in [0.2, 0.25) is 0 Å². The predicted molar refractivity (Wildman–Crippen MR) is 85.8 cm³/mol. The summed E-state index contributed by atoms with van der Waals surface area (Å²) in [5.74, 6) is 0.116. The zero-order valence-electron chi connectivity index (χ0n) is 14.0. The lowest BCUT2D eigenvalue weighted by Gasteiger charge is -2.22. The molecule has 0 radical (unpaired) electrons. The van der Waals surface area contributed by atoms with E-state index in [4.69, 9.17) is 0 Å². The average molecular weight is 275 g/mol. The van der Waals surface area contributed by atoms with E-state index in [1.807, 2.05) is 6.92 Å². The van der Waals surface area contributed by atoms with Gasteiger partial charge in [0.15, 0.2) is 0 Å². The Bertz CT molecular complexity index is 446. The summed E-state index contributed by atoms with van der Waals surface area (Å²) in [4.78, 5) is 12.0. The van der Waals surface area contributed by atoms with Gasteiger partial charge in [-0.15, -0.1) is 0 Å². The van der Waals surface area contributed by atoms with Gasteiger partial charge >= 0.3 is 0 Å². The molecular formula is C18H29NO. The van der Waals surface area contributed by atoms with Crippen molar-refractivity contribution in [3.8, 4) is 0 Å². The second kappa shape index (κ2) is 5.99. The van der Waals surface area contributed by atoms with Crippen LogP contribution in [0.25, 0.3) is 0 Å². The Hall–Kier alpha value is -1.31. The normalized spacial score (nSPS) is 13.9. The van der Waals surface area contributed by atoms with Crippen LogP contribution >= 0.6 is 0 Å². The molecule has 1 amide bonds. The second-order valence-corrected chi connectivity index (χ2v) is 7.90. The minimum atomic E-state index is 0.0277. The summed E-state index contributed by atoms with van der Waals surface area (Å²) in [6.07, 6.45) is 0.553. The summed E-state index contributed by atoms with van der Waals surface area (Å²) in [7, 11) is 0. The number of nitrogens with one attached hydrogen (secondary N) is 1. The molecule has 1 aromatic carbocycles. The lowest BCUT2D eigenvalue weighted by Crippen LogP contribution is -2.30. The van der Waals surface area contributed by atoms with Crippen molar-refractivity contribution in [3.63, 3.8) is 0 Å². The molecule has 1 unspecified atom stereocenters. The lowest BCUT2D eigenvalue weighted by molar-refractivity contribution is -0.123. The quantitative estimate of drug-likeness (QED) is 0.858. The fourth-order valence-electron chi connectivity index (χ4n) is 2.13. The van der Waals surface area contributed by atoms with Gasteiger partial charge in [0.1, 0.15) is 0 Å². The van der Waals surface area contributed by atoms with Crippen molar-refractivity contribution in [3.05, 3.63) is 35.4 Å². The number of hydrogen-bond donors (Lipinski definition) is 1. The number of carbonyl (C=O) groups is 1. The highest BCUT2D eigenvalue weighted by atomic mass is 16.1. The van der Waals surface area contributed by atoms with Gasteiger partial charge in [-0.2, -0.15) is 0 Å². The first-order valence-corrected chi connectivity index (χ1v) is 7.39. The van der Waals surface area contributed by atoms with E-state index in [1.54, 1.807) is 0 Å². The molecule has 0 fully saturated rings. The van der Waals surface area contributed by atoms with Gasteiger partial charge < -0.3 is 5.32 Å². The Morgan fingerprint density at radius 3 is 1.95 bits per heavy atom. The summed E-state index contributed by atoms with van der Waals surface area (Å²) in [5.41, 5.74) is 2.66. The van der Waals surface area contributed by atoms with E-state index in [2.05, 4.69) is 71.1 Å². The fraction of sp³-hybridized carbons (Fsp3) is 0.611. The monoisotopic (exact) mass is 275 g/mol. The van der Waals surface area contributed by atoms with Gasteiger partial charge in [0, 0.05) is 6.42 Å². The van der Waals surface area contributed by atoms with E-state index in [9.17, 15) is 4.79 Å². The molecule has 20 heavy (non-hydrogen) atoms. The molecule has 112 valence electrons. The smallest absolute Gasteiger partial charge is 0.220 e. The molecule has 1 N–H and O–H groups in total. The SMILES string of the molecule is CC(NC(=O)CC(C)(C)C)c1ccc(C(C)(C)C)cc1.